The first-order valence-electron chi connectivity index (χ1n) is 11.9. The van der Waals surface area contributed by atoms with Crippen molar-refractivity contribution in [3.05, 3.63) is 89.5 Å². The van der Waals surface area contributed by atoms with E-state index in [0.717, 1.165) is 49.6 Å². The molecule has 4 rings (SSSR count). The number of carbonyl (C=O) groups is 1. The molecule has 35 heavy (non-hydrogen) atoms. The smallest absolute Gasteiger partial charge is 0.303 e. The van der Waals surface area contributed by atoms with Crippen molar-refractivity contribution in [2.24, 2.45) is 0 Å². The molecule has 0 aromatic heterocycles. The van der Waals surface area contributed by atoms with E-state index >= 15 is 0 Å². The molecule has 0 spiro atoms. The summed E-state index contributed by atoms with van der Waals surface area (Å²) in [5, 5.41) is 17.6. The SMILES string of the molecule is O=C(O)CCc1ccc(OCc2ccc(CN3CCN(c4ccc(OCO)cc4)CC3)cc2)cc1. The Morgan fingerprint density at radius 2 is 1.31 bits per heavy atom. The van der Waals surface area contributed by atoms with Crippen molar-refractivity contribution in [3.63, 3.8) is 0 Å². The Morgan fingerprint density at radius 3 is 1.94 bits per heavy atom. The number of rotatable bonds is 11. The molecule has 1 saturated heterocycles. The van der Waals surface area contributed by atoms with Gasteiger partial charge in [-0.05, 0) is 59.5 Å². The summed E-state index contributed by atoms with van der Waals surface area (Å²) in [4.78, 5) is 15.5. The van der Waals surface area contributed by atoms with Crippen LogP contribution >= 0.6 is 0 Å². The van der Waals surface area contributed by atoms with Gasteiger partial charge in [0.05, 0.1) is 0 Å². The van der Waals surface area contributed by atoms with Gasteiger partial charge in [-0.2, -0.15) is 0 Å². The Morgan fingerprint density at radius 1 is 0.743 bits per heavy atom. The molecule has 0 radical (unpaired) electrons. The van der Waals surface area contributed by atoms with Gasteiger partial charge in [0, 0.05) is 44.8 Å². The van der Waals surface area contributed by atoms with Gasteiger partial charge in [-0.15, -0.1) is 0 Å². The Bertz CT molecular complexity index is 1060. The molecule has 2 N–H and O–H groups in total. The van der Waals surface area contributed by atoms with E-state index in [1.165, 1.54) is 11.3 Å². The third kappa shape index (κ3) is 7.47. The number of piperazine rings is 1. The highest BCUT2D eigenvalue weighted by atomic mass is 16.6. The summed E-state index contributed by atoms with van der Waals surface area (Å²) in [5.74, 6) is 0.671. The quantitative estimate of drug-likeness (QED) is 0.406. The minimum atomic E-state index is -0.784. The van der Waals surface area contributed by atoms with Gasteiger partial charge in [0.2, 0.25) is 0 Å². The summed E-state index contributed by atoms with van der Waals surface area (Å²) in [6, 6.07) is 24.0. The highest BCUT2D eigenvalue weighted by Gasteiger charge is 2.17. The first-order chi connectivity index (χ1) is 17.1. The Labute approximate surface area is 206 Å². The molecule has 184 valence electrons. The lowest BCUT2D eigenvalue weighted by Crippen LogP contribution is -2.45. The molecule has 0 unspecified atom stereocenters. The number of hydrogen-bond acceptors (Lipinski definition) is 6. The van der Waals surface area contributed by atoms with Crippen molar-refractivity contribution in [2.75, 3.05) is 37.9 Å². The Balaban J connectivity index is 1.20. The molecule has 0 aliphatic carbocycles. The van der Waals surface area contributed by atoms with Crippen molar-refractivity contribution in [3.8, 4) is 11.5 Å². The number of hydrogen-bond donors (Lipinski definition) is 2. The van der Waals surface area contributed by atoms with Crippen LogP contribution in [0.2, 0.25) is 0 Å². The number of aliphatic hydroxyl groups excluding tert-OH is 1. The Hall–Kier alpha value is -3.55. The number of carboxylic acid groups (broad SMARTS) is 1. The number of anilines is 1. The fourth-order valence-electron chi connectivity index (χ4n) is 4.16. The molecule has 1 aliphatic rings. The fraction of sp³-hybridized carbons (Fsp3) is 0.321. The second kappa shape index (κ2) is 12.2. The van der Waals surface area contributed by atoms with Crippen LogP contribution in [0.3, 0.4) is 0 Å². The van der Waals surface area contributed by atoms with Crippen LogP contribution in [0, 0.1) is 0 Å². The highest BCUT2D eigenvalue weighted by Crippen LogP contribution is 2.21. The number of aliphatic carboxylic acids is 1. The van der Waals surface area contributed by atoms with Crippen LogP contribution in [0.25, 0.3) is 0 Å². The average molecular weight is 477 g/mol. The number of benzene rings is 3. The third-order valence-electron chi connectivity index (χ3n) is 6.19. The van der Waals surface area contributed by atoms with Gasteiger partial charge in [0.25, 0.3) is 0 Å². The van der Waals surface area contributed by atoms with E-state index in [2.05, 4.69) is 34.1 Å². The molecule has 0 atom stereocenters. The summed E-state index contributed by atoms with van der Waals surface area (Å²) in [6.45, 7) is 5.07. The van der Waals surface area contributed by atoms with Crippen molar-refractivity contribution in [1.29, 1.82) is 0 Å². The molecule has 1 heterocycles. The van der Waals surface area contributed by atoms with E-state index in [9.17, 15) is 4.79 Å². The zero-order chi connectivity index (χ0) is 24.5. The molecule has 7 nitrogen and oxygen atoms in total. The second-order valence-electron chi connectivity index (χ2n) is 8.67. The average Bonchev–Trinajstić information content (AvgIpc) is 2.89. The van der Waals surface area contributed by atoms with E-state index in [1.807, 2.05) is 48.5 Å². The zero-order valence-corrected chi connectivity index (χ0v) is 19.8. The predicted octanol–water partition coefficient (Wildman–Crippen LogP) is 3.93. The van der Waals surface area contributed by atoms with Crippen molar-refractivity contribution in [1.82, 2.24) is 4.90 Å². The van der Waals surface area contributed by atoms with Crippen LogP contribution in [0.1, 0.15) is 23.1 Å². The first-order valence-corrected chi connectivity index (χ1v) is 11.9. The molecule has 1 aliphatic heterocycles. The second-order valence-corrected chi connectivity index (χ2v) is 8.67. The number of nitrogens with zero attached hydrogens (tertiary/aromatic N) is 2. The molecule has 0 bridgehead atoms. The summed E-state index contributed by atoms with van der Waals surface area (Å²) >= 11 is 0. The van der Waals surface area contributed by atoms with Gasteiger partial charge >= 0.3 is 5.97 Å². The van der Waals surface area contributed by atoms with E-state index in [-0.39, 0.29) is 13.2 Å². The summed E-state index contributed by atoms with van der Waals surface area (Å²) < 4.78 is 11.0. The number of carboxylic acids is 1. The lowest BCUT2D eigenvalue weighted by atomic mass is 10.1. The summed E-state index contributed by atoms with van der Waals surface area (Å²) in [6.07, 6.45) is 0.665. The zero-order valence-electron chi connectivity index (χ0n) is 19.8. The molecular weight excluding hydrogens is 444 g/mol. The van der Waals surface area contributed by atoms with Crippen LogP contribution in [0.15, 0.2) is 72.8 Å². The van der Waals surface area contributed by atoms with Crippen LogP contribution in [0.5, 0.6) is 11.5 Å². The maximum atomic E-state index is 10.7. The third-order valence-corrected chi connectivity index (χ3v) is 6.19. The Kier molecular flexibility index (Phi) is 8.59. The standard InChI is InChI=1S/C28H32N2O5/c31-21-35-27-12-8-25(9-13-27)30-17-15-29(16-18-30)19-23-1-3-24(4-2-23)20-34-26-10-5-22(6-11-26)7-14-28(32)33/h1-6,8-13,31H,7,14-21H2,(H,32,33). The van der Waals surface area contributed by atoms with Gasteiger partial charge in [-0.3, -0.25) is 9.69 Å². The lowest BCUT2D eigenvalue weighted by molar-refractivity contribution is -0.136. The number of ether oxygens (including phenoxy) is 2. The van der Waals surface area contributed by atoms with Crippen LogP contribution in [-0.2, 0) is 24.4 Å². The molecule has 0 amide bonds. The number of aliphatic hydroxyl groups is 1. The largest absolute Gasteiger partial charge is 0.489 e. The summed E-state index contributed by atoms with van der Waals surface area (Å²) in [7, 11) is 0. The maximum absolute atomic E-state index is 10.7. The molecule has 0 saturated carbocycles. The van der Waals surface area contributed by atoms with Crippen molar-refractivity contribution < 1.29 is 24.5 Å². The maximum Gasteiger partial charge on any atom is 0.303 e. The van der Waals surface area contributed by atoms with Gasteiger partial charge in [-0.1, -0.05) is 36.4 Å². The van der Waals surface area contributed by atoms with E-state index < -0.39 is 5.97 Å². The lowest BCUT2D eigenvalue weighted by Gasteiger charge is -2.36. The predicted molar refractivity (Wildman–Crippen MR) is 135 cm³/mol. The van der Waals surface area contributed by atoms with E-state index in [4.69, 9.17) is 19.7 Å². The first kappa shape index (κ1) is 24.6. The monoisotopic (exact) mass is 476 g/mol. The normalized spacial score (nSPS) is 14.0. The van der Waals surface area contributed by atoms with Crippen LogP contribution < -0.4 is 14.4 Å². The van der Waals surface area contributed by atoms with Crippen LogP contribution in [-0.4, -0.2) is 54.1 Å². The van der Waals surface area contributed by atoms with Gasteiger partial charge in [0.1, 0.15) is 18.1 Å². The van der Waals surface area contributed by atoms with E-state index in [1.54, 1.807) is 0 Å². The van der Waals surface area contributed by atoms with Crippen LogP contribution in [0.4, 0.5) is 5.69 Å². The molecule has 3 aromatic rings. The van der Waals surface area contributed by atoms with Gasteiger partial charge in [-0.25, -0.2) is 0 Å². The molecule has 7 heteroatoms. The topological polar surface area (TPSA) is 82.5 Å². The minimum absolute atomic E-state index is 0.137. The fourth-order valence-corrected chi connectivity index (χ4v) is 4.16. The van der Waals surface area contributed by atoms with Gasteiger partial charge in [0.15, 0.2) is 6.79 Å². The van der Waals surface area contributed by atoms with Crippen molar-refractivity contribution >= 4 is 11.7 Å². The van der Waals surface area contributed by atoms with Gasteiger partial charge < -0.3 is 24.6 Å². The molecular formula is C28H32N2O5. The highest BCUT2D eigenvalue weighted by molar-refractivity contribution is 5.67. The van der Waals surface area contributed by atoms with Crippen molar-refractivity contribution in [2.45, 2.75) is 26.0 Å². The molecule has 3 aromatic carbocycles. The number of aryl methyl sites for hydroxylation is 1. The minimum Gasteiger partial charge on any atom is -0.489 e. The van der Waals surface area contributed by atoms with E-state index in [0.29, 0.717) is 18.8 Å². The summed E-state index contributed by atoms with van der Waals surface area (Å²) in [5.41, 5.74) is 4.57. The molecule has 1 fully saturated rings.